The van der Waals surface area contributed by atoms with Crippen molar-refractivity contribution in [3.05, 3.63) is 59.9 Å². The van der Waals surface area contributed by atoms with E-state index in [-0.39, 0.29) is 18.0 Å². The van der Waals surface area contributed by atoms with Crippen LogP contribution in [0.4, 0.5) is 4.39 Å². The Kier molecular flexibility index (Phi) is 3.56. The van der Waals surface area contributed by atoms with Crippen molar-refractivity contribution in [2.24, 2.45) is 0 Å². The Morgan fingerprint density at radius 3 is 2.65 bits per heavy atom. The second kappa shape index (κ2) is 5.51. The first-order valence-corrected chi connectivity index (χ1v) is 6.59. The van der Waals surface area contributed by atoms with Gasteiger partial charge in [-0.05, 0) is 37.4 Å². The molecule has 2 aromatic rings. The fraction of sp³-hybridized carbons (Fsp3) is 0.250. The highest BCUT2D eigenvalue weighted by Crippen LogP contribution is 2.33. The summed E-state index contributed by atoms with van der Waals surface area (Å²) in [5.41, 5.74) is 1.08. The van der Waals surface area contributed by atoms with Crippen LogP contribution in [-0.4, -0.2) is 19.8 Å². The lowest BCUT2D eigenvalue weighted by Crippen LogP contribution is -2.41. The molecule has 0 fully saturated rings. The molecule has 0 saturated carbocycles. The molecule has 3 rings (SSSR count). The highest BCUT2D eigenvalue weighted by Gasteiger charge is 2.31. The van der Waals surface area contributed by atoms with Crippen LogP contribution in [0, 0.1) is 5.82 Å². The van der Waals surface area contributed by atoms with Crippen molar-refractivity contribution >= 4 is 0 Å². The van der Waals surface area contributed by atoms with Gasteiger partial charge in [0.1, 0.15) is 23.9 Å². The van der Waals surface area contributed by atoms with Crippen LogP contribution >= 0.6 is 0 Å². The van der Waals surface area contributed by atoms with Crippen molar-refractivity contribution in [3.63, 3.8) is 0 Å². The van der Waals surface area contributed by atoms with Crippen LogP contribution in [0.15, 0.2) is 48.5 Å². The van der Waals surface area contributed by atoms with E-state index in [1.54, 1.807) is 12.1 Å². The van der Waals surface area contributed by atoms with Gasteiger partial charge in [-0.25, -0.2) is 4.39 Å². The molecule has 0 bridgehead atoms. The molecule has 0 aromatic heterocycles. The van der Waals surface area contributed by atoms with E-state index in [9.17, 15) is 4.39 Å². The average Bonchev–Trinajstić information content (AvgIpc) is 2.49. The van der Waals surface area contributed by atoms with Gasteiger partial charge in [0.15, 0.2) is 6.10 Å². The molecule has 1 heterocycles. The first-order valence-electron chi connectivity index (χ1n) is 6.59. The van der Waals surface area contributed by atoms with Gasteiger partial charge >= 0.3 is 0 Å². The molecule has 4 heteroatoms. The van der Waals surface area contributed by atoms with Crippen molar-refractivity contribution in [1.29, 1.82) is 0 Å². The fourth-order valence-corrected chi connectivity index (χ4v) is 2.47. The van der Waals surface area contributed by atoms with Gasteiger partial charge in [-0.15, -0.1) is 0 Å². The number of ether oxygens (including phenoxy) is 2. The maximum Gasteiger partial charge on any atom is 0.152 e. The first-order chi connectivity index (χ1) is 9.78. The Bertz CT molecular complexity index is 585. The Balaban J connectivity index is 1.82. The molecule has 0 saturated heterocycles. The molecule has 2 unspecified atom stereocenters. The number of halogens is 1. The van der Waals surface area contributed by atoms with Gasteiger partial charge in [-0.3, -0.25) is 0 Å². The Morgan fingerprint density at radius 1 is 1.15 bits per heavy atom. The Hall–Kier alpha value is -2.07. The summed E-state index contributed by atoms with van der Waals surface area (Å²) in [7, 11) is 1.90. The predicted octanol–water partition coefficient (Wildman–Crippen LogP) is 2.93. The highest BCUT2D eigenvalue weighted by molar-refractivity contribution is 5.38. The van der Waals surface area contributed by atoms with Crippen molar-refractivity contribution < 1.29 is 13.9 Å². The number of hydrogen-bond donors (Lipinski definition) is 1. The standard InChI is InChI=1S/C16H16FNO2/c1-18-16-13-4-2-3-5-14(13)19-10-15(16)20-12-8-6-11(17)7-9-12/h2-9,15-16,18H,10H2,1H3. The van der Waals surface area contributed by atoms with Gasteiger partial charge in [0.05, 0.1) is 6.04 Å². The van der Waals surface area contributed by atoms with Gasteiger partial charge in [0.2, 0.25) is 0 Å². The number of likely N-dealkylation sites (N-methyl/N-ethyl adjacent to an activating group) is 1. The van der Waals surface area contributed by atoms with E-state index in [4.69, 9.17) is 9.47 Å². The minimum absolute atomic E-state index is 0.0463. The van der Waals surface area contributed by atoms with E-state index in [0.29, 0.717) is 12.4 Å². The van der Waals surface area contributed by atoms with Gasteiger partial charge in [-0.1, -0.05) is 18.2 Å². The number of rotatable bonds is 3. The van der Waals surface area contributed by atoms with Gasteiger partial charge in [0, 0.05) is 5.56 Å². The van der Waals surface area contributed by atoms with Crippen LogP contribution in [0.25, 0.3) is 0 Å². The first kappa shape index (κ1) is 12.9. The molecule has 0 amide bonds. The average molecular weight is 273 g/mol. The Labute approximate surface area is 117 Å². The van der Waals surface area contributed by atoms with E-state index in [1.165, 1.54) is 12.1 Å². The van der Waals surface area contributed by atoms with Gasteiger partial charge < -0.3 is 14.8 Å². The Morgan fingerprint density at radius 2 is 1.90 bits per heavy atom. The summed E-state index contributed by atoms with van der Waals surface area (Å²) in [6, 6.07) is 14.0. The fourth-order valence-electron chi connectivity index (χ4n) is 2.47. The molecular weight excluding hydrogens is 257 g/mol. The third-order valence-electron chi connectivity index (χ3n) is 3.44. The lowest BCUT2D eigenvalue weighted by atomic mass is 9.98. The van der Waals surface area contributed by atoms with E-state index >= 15 is 0 Å². The summed E-state index contributed by atoms with van der Waals surface area (Å²) in [5, 5.41) is 3.26. The number of hydrogen-bond acceptors (Lipinski definition) is 3. The largest absolute Gasteiger partial charge is 0.489 e. The van der Waals surface area contributed by atoms with E-state index in [1.807, 2.05) is 31.3 Å². The predicted molar refractivity (Wildman–Crippen MR) is 74.6 cm³/mol. The van der Waals surface area contributed by atoms with E-state index < -0.39 is 0 Å². The summed E-state index contributed by atoms with van der Waals surface area (Å²) < 4.78 is 24.6. The minimum atomic E-state index is -0.271. The van der Waals surface area contributed by atoms with Gasteiger partial charge in [-0.2, -0.15) is 0 Å². The smallest absolute Gasteiger partial charge is 0.152 e. The zero-order valence-electron chi connectivity index (χ0n) is 11.2. The second-order valence-electron chi connectivity index (χ2n) is 4.73. The molecule has 2 aromatic carbocycles. The summed E-state index contributed by atoms with van der Waals surface area (Å²) in [6.07, 6.45) is -0.152. The molecule has 104 valence electrons. The van der Waals surface area contributed by atoms with Crippen molar-refractivity contribution in [1.82, 2.24) is 5.32 Å². The monoisotopic (exact) mass is 273 g/mol. The summed E-state index contributed by atoms with van der Waals surface area (Å²) in [4.78, 5) is 0. The molecule has 20 heavy (non-hydrogen) atoms. The normalized spacial score (nSPS) is 20.9. The van der Waals surface area contributed by atoms with Crippen molar-refractivity contribution in [3.8, 4) is 11.5 Å². The lowest BCUT2D eigenvalue weighted by molar-refractivity contribution is 0.0773. The zero-order chi connectivity index (χ0) is 13.9. The molecule has 1 aliphatic rings. The zero-order valence-corrected chi connectivity index (χ0v) is 11.2. The third kappa shape index (κ3) is 2.47. The number of benzene rings is 2. The molecule has 1 N–H and O–H groups in total. The van der Waals surface area contributed by atoms with Gasteiger partial charge in [0.25, 0.3) is 0 Å². The molecule has 2 atom stereocenters. The quantitative estimate of drug-likeness (QED) is 0.932. The summed E-state index contributed by atoms with van der Waals surface area (Å²) in [6.45, 7) is 0.458. The van der Waals surface area contributed by atoms with Crippen molar-refractivity contribution in [2.75, 3.05) is 13.7 Å². The summed E-state index contributed by atoms with van der Waals surface area (Å²) >= 11 is 0. The van der Waals surface area contributed by atoms with Crippen molar-refractivity contribution in [2.45, 2.75) is 12.1 Å². The van der Waals surface area contributed by atoms with Crippen LogP contribution in [0.2, 0.25) is 0 Å². The maximum absolute atomic E-state index is 12.9. The number of para-hydroxylation sites is 1. The minimum Gasteiger partial charge on any atom is -0.489 e. The lowest BCUT2D eigenvalue weighted by Gasteiger charge is -2.33. The second-order valence-corrected chi connectivity index (χ2v) is 4.73. The molecule has 1 aliphatic heterocycles. The molecule has 0 spiro atoms. The third-order valence-corrected chi connectivity index (χ3v) is 3.44. The molecular formula is C16H16FNO2. The van der Waals surface area contributed by atoms with Crippen LogP contribution in [0.1, 0.15) is 11.6 Å². The summed E-state index contributed by atoms with van der Waals surface area (Å²) in [5.74, 6) is 1.25. The molecule has 3 nitrogen and oxygen atoms in total. The van der Waals surface area contributed by atoms with Crippen LogP contribution < -0.4 is 14.8 Å². The van der Waals surface area contributed by atoms with Crippen LogP contribution in [0.5, 0.6) is 11.5 Å². The highest BCUT2D eigenvalue weighted by atomic mass is 19.1. The molecule has 0 aliphatic carbocycles. The number of nitrogens with one attached hydrogen (secondary N) is 1. The van der Waals surface area contributed by atoms with E-state index in [0.717, 1.165) is 11.3 Å². The molecule has 0 radical (unpaired) electrons. The SMILES string of the molecule is CNC1c2ccccc2OCC1Oc1ccc(F)cc1. The van der Waals surface area contributed by atoms with E-state index in [2.05, 4.69) is 5.32 Å². The topological polar surface area (TPSA) is 30.5 Å². The van der Waals surface area contributed by atoms with Crippen LogP contribution in [0.3, 0.4) is 0 Å². The maximum atomic E-state index is 12.9. The van der Waals surface area contributed by atoms with Crippen LogP contribution in [-0.2, 0) is 0 Å². The number of fused-ring (bicyclic) bond motifs is 1.